The van der Waals surface area contributed by atoms with Crippen molar-refractivity contribution in [2.24, 2.45) is 0 Å². The molecule has 1 aromatic heterocycles. The number of rotatable bonds is 9. The van der Waals surface area contributed by atoms with Gasteiger partial charge in [-0.1, -0.05) is 37.3 Å². The topological polar surface area (TPSA) is 129 Å². The molecule has 0 fully saturated rings. The number of nitrogens with zero attached hydrogens (tertiary/aromatic N) is 3. The van der Waals surface area contributed by atoms with Crippen LogP contribution in [0.1, 0.15) is 12.5 Å². The van der Waals surface area contributed by atoms with E-state index in [1.54, 1.807) is 36.4 Å². The number of carbonyl (C=O) groups excluding carboxylic acids is 1. The van der Waals surface area contributed by atoms with Gasteiger partial charge in [0.25, 0.3) is 5.91 Å². The number of aromatic nitrogens is 2. The van der Waals surface area contributed by atoms with E-state index in [2.05, 4.69) is 20.8 Å². The molecule has 1 amide bonds. The van der Waals surface area contributed by atoms with Gasteiger partial charge < -0.3 is 9.47 Å². The lowest BCUT2D eigenvalue weighted by Crippen LogP contribution is -2.34. The predicted octanol–water partition coefficient (Wildman–Crippen LogP) is 3.26. The number of aryl methyl sites for hydroxylation is 1. The first-order valence-corrected chi connectivity index (χ1v) is 9.05. The quantitative estimate of drug-likeness (QED) is 0.407. The van der Waals surface area contributed by atoms with Crippen molar-refractivity contribution in [3.8, 4) is 17.4 Å². The van der Waals surface area contributed by atoms with E-state index in [-0.39, 0.29) is 18.3 Å². The molecular formula is C20H19N5O5. The zero-order valence-electron chi connectivity index (χ0n) is 16.1. The van der Waals surface area contributed by atoms with Crippen molar-refractivity contribution in [1.29, 1.82) is 0 Å². The number of hydrogen-bond donors (Lipinski definition) is 2. The van der Waals surface area contributed by atoms with Gasteiger partial charge >= 0.3 is 11.6 Å². The van der Waals surface area contributed by atoms with E-state index in [4.69, 9.17) is 9.47 Å². The summed E-state index contributed by atoms with van der Waals surface area (Å²) in [4.78, 5) is 30.5. The summed E-state index contributed by atoms with van der Waals surface area (Å²) in [6, 6.07) is 15.9. The Labute approximate surface area is 172 Å². The number of hydrazine groups is 1. The summed E-state index contributed by atoms with van der Waals surface area (Å²) in [7, 11) is 0. The van der Waals surface area contributed by atoms with Crippen molar-refractivity contribution < 1.29 is 19.2 Å². The smallest absolute Gasteiger partial charge is 0.374 e. The summed E-state index contributed by atoms with van der Waals surface area (Å²) in [5.74, 6) is -0.116. The van der Waals surface area contributed by atoms with Crippen LogP contribution < -0.4 is 20.3 Å². The first-order valence-electron chi connectivity index (χ1n) is 9.05. The average Bonchev–Trinajstić information content (AvgIpc) is 2.77. The highest BCUT2D eigenvalue weighted by molar-refractivity contribution is 5.79. The van der Waals surface area contributed by atoms with Gasteiger partial charge in [-0.05, 0) is 36.2 Å². The van der Waals surface area contributed by atoms with E-state index >= 15 is 0 Å². The molecule has 0 aliphatic carbocycles. The highest BCUT2D eigenvalue weighted by atomic mass is 16.6. The highest BCUT2D eigenvalue weighted by Gasteiger charge is 2.25. The summed E-state index contributed by atoms with van der Waals surface area (Å²) < 4.78 is 10.9. The molecule has 0 radical (unpaired) electrons. The van der Waals surface area contributed by atoms with Crippen LogP contribution in [0.4, 0.5) is 11.5 Å². The number of nitrogens with one attached hydrogen (secondary N) is 2. The van der Waals surface area contributed by atoms with Crippen LogP contribution in [-0.2, 0) is 11.2 Å². The molecule has 2 N–H and O–H groups in total. The second-order valence-electron chi connectivity index (χ2n) is 6.01. The van der Waals surface area contributed by atoms with Crippen LogP contribution in [0, 0.1) is 10.1 Å². The van der Waals surface area contributed by atoms with Gasteiger partial charge in [-0.3, -0.25) is 25.8 Å². The van der Waals surface area contributed by atoms with E-state index in [1.165, 1.54) is 0 Å². The maximum Gasteiger partial charge on any atom is 0.374 e. The van der Waals surface area contributed by atoms with Crippen LogP contribution in [0.15, 0.2) is 60.9 Å². The second kappa shape index (κ2) is 9.82. The number of ether oxygens (including phenoxy) is 2. The molecule has 0 saturated heterocycles. The van der Waals surface area contributed by atoms with Crippen molar-refractivity contribution in [1.82, 2.24) is 15.4 Å². The van der Waals surface area contributed by atoms with Crippen LogP contribution in [-0.4, -0.2) is 27.4 Å². The minimum absolute atomic E-state index is 0.219. The summed E-state index contributed by atoms with van der Waals surface area (Å²) in [5.41, 5.74) is 5.32. The molecule has 0 unspecified atom stereocenters. The Balaban J connectivity index is 1.67. The summed E-state index contributed by atoms with van der Waals surface area (Å²) in [6.07, 6.45) is 1.95. The fourth-order valence-corrected chi connectivity index (χ4v) is 2.43. The van der Waals surface area contributed by atoms with Gasteiger partial charge in [-0.25, -0.2) is 4.98 Å². The predicted molar refractivity (Wildman–Crippen MR) is 108 cm³/mol. The molecule has 3 rings (SSSR count). The monoisotopic (exact) mass is 409 g/mol. The first kappa shape index (κ1) is 20.5. The molecular weight excluding hydrogens is 390 g/mol. The van der Waals surface area contributed by atoms with Gasteiger partial charge in [0.1, 0.15) is 17.8 Å². The number of nitro groups is 1. The molecule has 154 valence electrons. The first-order chi connectivity index (χ1) is 14.6. The highest BCUT2D eigenvalue weighted by Crippen LogP contribution is 2.33. The Hall–Kier alpha value is -4.21. The molecule has 10 heteroatoms. The molecule has 0 aliphatic rings. The van der Waals surface area contributed by atoms with Crippen LogP contribution in [0.25, 0.3) is 0 Å². The maximum atomic E-state index is 12.0. The van der Waals surface area contributed by atoms with Crippen LogP contribution >= 0.6 is 0 Å². The minimum Gasteiger partial charge on any atom is -0.484 e. The average molecular weight is 409 g/mol. The second-order valence-corrected chi connectivity index (χ2v) is 6.01. The Kier molecular flexibility index (Phi) is 6.72. The van der Waals surface area contributed by atoms with Crippen molar-refractivity contribution in [3.05, 3.63) is 76.6 Å². The lowest BCUT2D eigenvalue weighted by Gasteiger charge is -2.11. The SMILES string of the molecule is CCc1ccc(Oc2ncnc(NNC(=O)COc3ccccc3)c2[N+](=O)[O-])cc1. The Bertz CT molecular complexity index is 1010. The molecule has 2 aromatic carbocycles. The molecule has 0 aliphatic heterocycles. The molecule has 10 nitrogen and oxygen atoms in total. The lowest BCUT2D eigenvalue weighted by molar-refractivity contribution is -0.385. The third-order valence-electron chi connectivity index (χ3n) is 3.95. The van der Waals surface area contributed by atoms with Gasteiger partial charge in [0.2, 0.25) is 5.82 Å². The normalized spacial score (nSPS) is 10.2. The Morgan fingerprint density at radius 3 is 2.47 bits per heavy atom. The van der Waals surface area contributed by atoms with Gasteiger partial charge in [0.15, 0.2) is 6.61 Å². The molecule has 0 saturated carbocycles. The third kappa shape index (κ3) is 5.41. The largest absolute Gasteiger partial charge is 0.484 e. The molecule has 3 aromatic rings. The Morgan fingerprint density at radius 1 is 1.07 bits per heavy atom. The molecule has 1 heterocycles. The number of hydrogen-bond acceptors (Lipinski definition) is 8. The molecule has 0 spiro atoms. The van der Waals surface area contributed by atoms with Gasteiger partial charge in [0.05, 0.1) is 4.92 Å². The van der Waals surface area contributed by atoms with E-state index in [9.17, 15) is 14.9 Å². The van der Waals surface area contributed by atoms with Crippen molar-refractivity contribution in [3.63, 3.8) is 0 Å². The summed E-state index contributed by atoms with van der Waals surface area (Å²) >= 11 is 0. The third-order valence-corrected chi connectivity index (χ3v) is 3.95. The van der Waals surface area contributed by atoms with Crippen molar-refractivity contribution in [2.45, 2.75) is 13.3 Å². The molecule has 30 heavy (non-hydrogen) atoms. The molecule has 0 bridgehead atoms. The Morgan fingerprint density at radius 2 is 1.80 bits per heavy atom. The van der Waals surface area contributed by atoms with Crippen molar-refractivity contribution in [2.75, 3.05) is 12.0 Å². The van der Waals surface area contributed by atoms with Gasteiger partial charge in [-0.2, -0.15) is 4.98 Å². The van der Waals surface area contributed by atoms with Crippen LogP contribution in [0.5, 0.6) is 17.4 Å². The minimum atomic E-state index is -0.690. The van der Waals surface area contributed by atoms with Crippen LogP contribution in [0.2, 0.25) is 0 Å². The fourth-order valence-electron chi connectivity index (χ4n) is 2.43. The van der Waals surface area contributed by atoms with E-state index < -0.39 is 16.5 Å². The number of carbonyl (C=O) groups is 1. The number of anilines is 1. The lowest BCUT2D eigenvalue weighted by atomic mass is 10.2. The fraction of sp³-hybridized carbons (Fsp3) is 0.150. The number of benzene rings is 2. The van der Waals surface area contributed by atoms with Gasteiger partial charge in [-0.15, -0.1) is 0 Å². The zero-order chi connectivity index (χ0) is 21.3. The molecule has 0 atom stereocenters. The van der Waals surface area contributed by atoms with Gasteiger partial charge in [0, 0.05) is 0 Å². The van der Waals surface area contributed by atoms with Crippen molar-refractivity contribution >= 4 is 17.4 Å². The standard InChI is InChI=1S/C20H19N5O5/c1-2-14-8-10-16(11-9-14)30-20-18(25(27)28)19(21-13-22-20)24-23-17(26)12-29-15-6-4-3-5-7-15/h3-11,13H,2,12H2,1H3,(H,23,26)(H,21,22,24). The van der Waals surface area contributed by atoms with E-state index in [0.717, 1.165) is 18.3 Å². The van der Waals surface area contributed by atoms with E-state index in [1.807, 2.05) is 25.1 Å². The number of para-hydroxylation sites is 1. The van der Waals surface area contributed by atoms with E-state index in [0.29, 0.717) is 11.5 Å². The van der Waals surface area contributed by atoms with Crippen LogP contribution in [0.3, 0.4) is 0 Å². The summed E-state index contributed by atoms with van der Waals surface area (Å²) in [6.45, 7) is 1.73. The zero-order valence-corrected chi connectivity index (χ0v) is 16.1. The summed E-state index contributed by atoms with van der Waals surface area (Å²) in [5, 5.41) is 11.6. The number of amides is 1. The maximum absolute atomic E-state index is 12.0.